The molecule has 0 spiro atoms. The van der Waals surface area contributed by atoms with Crippen molar-refractivity contribution in [1.29, 1.82) is 0 Å². The van der Waals surface area contributed by atoms with E-state index in [1.807, 2.05) is 6.92 Å². The lowest BCUT2D eigenvalue weighted by Gasteiger charge is -1.99. The fourth-order valence-corrected chi connectivity index (χ4v) is 0.296. The smallest absolute Gasteiger partial charge is 0.327 e. The first-order chi connectivity index (χ1) is 6.58. The number of nitrogens with one attached hydrogen (secondary N) is 1. The lowest BCUT2D eigenvalue weighted by atomic mass is 10.6. The minimum absolute atomic E-state index is 0.205. The molecule has 0 rings (SSSR count). The van der Waals surface area contributed by atoms with Crippen LogP contribution in [-0.2, 0) is 14.3 Å². The van der Waals surface area contributed by atoms with Gasteiger partial charge in [0.05, 0.1) is 0 Å². The van der Waals surface area contributed by atoms with Crippen molar-refractivity contribution in [1.82, 2.24) is 5.32 Å². The molecule has 5 heteroatoms. The number of hydrogen-bond donors (Lipinski definition) is 2. The predicted octanol–water partition coefficient (Wildman–Crippen LogP) is 0.540. The van der Waals surface area contributed by atoms with Gasteiger partial charge < -0.3 is 15.2 Å². The highest BCUT2D eigenvalue weighted by molar-refractivity contribution is 5.86. The van der Waals surface area contributed by atoms with Crippen molar-refractivity contribution in [3.63, 3.8) is 0 Å². The van der Waals surface area contributed by atoms with Crippen LogP contribution in [0.2, 0.25) is 0 Å². The molecule has 2 N–H and O–H groups in total. The molecule has 14 heavy (non-hydrogen) atoms. The quantitative estimate of drug-likeness (QED) is 0.386. The summed E-state index contributed by atoms with van der Waals surface area (Å²) >= 11 is 0. The SMILES string of the molecule is C=CC(=O)NCOCC.C=CC(=O)O. The molecule has 5 nitrogen and oxygen atoms in total. The third kappa shape index (κ3) is 16.8. The fraction of sp³-hybridized carbons (Fsp3) is 0.333. The van der Waals surface area contributed by atoms with Crippen molar-refractivity contribution in [2.75, 3.05) is 13.3 Å². The van der Waals surface area contributed by atoms with E-state index in [0.29, 0.717) is 6.61 Å². The molecule has 0 radical (unpaired) electrons. The van der Waals surface area contributed by atoms with Crippen molar-refractivity contribution in [2.45, 2.75) is 6.92 Å². The van der Waals surface area contributed by atoms with E-state index in [4.69, 9.17) is 9.84 Å². The molecular weight excluding hydrogens is 186 g/mol. The van der Waals surface area contributed by atoms with E-state index < -0.39 is 5.97 Å². The Hall–Kier alpha value is -1.62. The Balaban J connectivity index is 0. The second kappa shape index (κ2) is 11.4. The maximum Gasteiger partial charge on any atom is 0.327 e. The molecule has 0 saturated heterocycles. The molecule has 1 amide bonds. The van der Waals surface area contributed by atoms with Gasteiger partial charge in [-0.25, -0.2) is 4.79 Å². The Morgan fingerprint density at radius 3 is 2.21 bits per heavy atom. The molecule has 0 heterocycles. The van der Waals surface area contributed by atoms with Gasteiger partial charge in [0.1, 0.15) is 6.73 Å². The van der Waals surface area contributed by atoms with Gasteiger partial charge in [-0.15, -0.1) is 0 Å². The Kier molecular flexibility index (Phi) is 12.1. The minimum Gasteiger partial charge on any atom is -0.478 e. The number of ether oxygens (including phenoxy) is 1. The van der Waals surface area contributed by atoms with Gasteiger partial charge in [-0.2, -0.15) is 0 Å². The number of rotatable bonds is 5. The highest BCUT2D eigenvalue weighted by atomic mass is 16.5. The van der Waals surface area contributed by atoms with Gasteiger partial charge >= 0.3 is 5.97 Å². The normalized spacial score (nSPS) is 7.79. The van der Waals surface area contributed by atoms with E-state index in [1.54, 1.807) is 0 Å². The Morgan fingerprint density at radius 2 is 1.93 bits per heavy atom. The molecule has 0 bridgehead atoms. The Bertz CT molecular complexity index is 201. The highest BCUT2D eigenvalue weighted by Gasteiger charge is 1.88. The third-order valence-corrected chi connectivity index (χ3v) is 0.913. The van der Waals surface area contributed by atoms with E-state index in [1.165, 1.54) is 6.08 Å². The number of aliphatic carboxylic acids is 1. The molecule has 0 aliphatic rings. The Morgan fingerprint density at radius 1 is 1.43 bits per heavy atom. The zero-order valence-electron chi connectivity index (χ0n) is 8.16. The maximum atomic E-state index is 10.4. The third-order valence-electron chi connectivity index (χ3n) is 0.913. The summed E-state index contributed by atoms with van der Waals surface area (Å²) in [5, 5.41) is 10.1. The van der Waals surface area contributed by atoms with Crippen LogP contribution in [0.25, 0.3) is 0 Å². The van der Waals surface area contributed by atoms with Gasteiger partial charge in [0.2, 0.25) is 5.91 Å². The van der Waals surface area contributed by atoms with E-state index in [-0.39, 0.29) is 12.6 Å². The number of carbonyl (C=O) groups excluding carboxylic acids is 1. The van der Waals surface area contributed by atoms with Gasteiger partial charge in [-0.05, 0) is 13.0 Å². The zero-order chi connectivity index (χ0) is 11.4. The summed E-state index contributed by atoms with van der Waals surface area (Å²) in [6.07, 6.45) is 2.04. The van der Waals surface area contributed by atoms with Gasteiger partial charge in [0.15, 0.2) is 0 Å². The number of amides is 1. The number of carbonyl (C=O) groups is 2. The highest BCUT2D eigenvalue weighted by Crippen LogP contribution is 1.69. The summed E-state index contributed by atoms with van der Waals surface area (Å²) in [5.41, 5.74) is 0. The van der Waals surface area contributed by atoms with Crippen LogP contribution in [0.3, 0.4) is 0 Å². The van der Waals surface area contributed by atoms with Crippen molar-refractivity contribution < 1.29 is 19.4 Å². The summed E-state index contributed by atoms with van der Waals surface area (Å²) in [6.45, 7) is 8.97. The van der Waals surface area contributed by atoms with Crippen LogP contribution >= 0.6 is 0 Å². The molecule has 0 aliphatic heterocycles. The number of carboxylic acid groups (broad SMARTS) is 1. The van der Waals surface area contributed by atoms with Gasteiger partial charge in [-0.3, -0.25) is 4.79 Å². The van der Waals surface area contributed by atoms with Gasteiger partial charge in [0.25, 0.3) is 0 Å². The van der Waals surface area contributed by atoms with E-state index >= 15 is 0 Å². The average molecular weight is 201 g/mol. The van der Waals surface area contributed by atoms with Crippen molar-refractivity contribution in [2.24, 2.45) is 0 Å². The predicted molar refractivity (Wildman–Crippen MR) is 52.7 cm³/mol. The van der Waals surface area contributed by atoms with Crippen LogP contribution in [0.4, 0.5) is 0 Å². The van der Waals surface area contributed by atoms with Crippen LogP contribution in [0.5, 0.6) is 0 Å². The summed E-state index contributed by atoms with van der Waals surface area (Å²) in [7, 11) is 0. The summed E-state index contributed by atoms with van der Waals surface area (Å²) in [5.74, 6) is -1.19. The van der Waals surface area contributed by atoms with Gasteiger partial charge in [-0.1, -0.05) is 13.2 Å². The van der Waals surface area contributed by atoms with Crippen molar-refractivity contribution >= 4 is 11.9 Å². The largest absolute Gasteiger partial charge is 0.478 e. The summed E-state index contributed by atoms with van der Waals surface area (Å²) in [6, 6.07) is 0. The van der Waals surface area contributed by atoms with E-state index in [0.717, 1.165) is 6.08 Å². The molecular formula is C9H15NO4. The fourth-order valence-electron chi connectivity index (χ4n) is 0.296. The van der Waals surface area contributed by atoms with Crippen molar-refractivity contribution in [3.05, 3.63) is 25.3 Å². The molecule has 0 aromatic heterocycles. The second-order valence-corrected chi connectivity index (χ2v) is 1.92. The van der Waals surface area contributed by atoms with E-state index in [2.05, 4.69) is 18.5 Å². The van der Waals surface area contributed by atoms with Crippen LogP contribution in [0.15, 0.2) is 25.3 Å². The van der Waals surface area contributed by atoms with Crippen LogP contribution in [0.1, 0.15) is 6.92 Å². The Labute approximate surface area is 83.1 Å². The first-order valence-corrected chi connectivity index (χ1v) is 3.91. The first kappa shape index (κ1) is 14.9. The molecule has 0 atom stereocenters. The maximum absolute atomic E-state index is 10.4. The topological polar surface area (TPSA) is 75.6 Å². The number of hydrogen-bond acceptors (Lipinski definition) is 3. The minimum atomic E-state index is -0.981. The van der Waals surface area contributed by atoms with Crippen molar-refractivity contribution in [3.8, 4) is 0 Å². The monoisotopic (exact) mass is 201 g/mol. The van der Waals surface area contributed by atoms with E-state index in [9.17, 15) is 9.59 Å². The lowest BCUT2D eigenvalue weighted by molar-refractivity contribution is -0.131. The second-order valence-electron chi connectivity index (χ2n) is 1.92. The van der Waals surface area contributed by atoms with Gasteiger partial charge in [0, 0.05) is 12.7 Å². The molecule has 0 aromatic rings. The molecule has 0 saturated carbocycles. The molecule has 0 aliphatic carbocycles. The van der Waals surface area contributed by atoms with Crippen LogP contribution in [0, 0.1) is 0 Å². The average Bonchev–Trinajstić information content (AvgIpc) is 2.19. The molecule has 0 fully saturated rings. The molecule has 0 unspecified atom stereocenters. The lowest BCUT2D eigenvalue weighted by Crippen LogP contribution is -2.23. The van der Waals surface area contributed by atoms with Crippen LogP contribution < -0.4 is 5.32 Å². The molecule has 80 valence electrons. The zero-order valence-corrected chi connectivity index (χ0v) is 8.16. The van der Waals surface area contributed by atoms with Crippen LogP contribution in [-0.4, -0.2) is 30.3 Å². The standard InChI is InChI=1S/C6H11NO2.C3H4O2/c1-3-6(8)7-5-9-4-2;1-2-3(4)5/h3H,1,4-5H2,2H3,(H,7,8);2H,1H2,(H,4,5). The summed E-state index contributed by atoms with van der Waals surface area (Å²) in [4.78, 5) is 19.6. The molecule has 0 aromatic carbocycles. The first-order valence-electron chi connectivity index (χ1n) is 3.91. The number of carboxylic acids is 1. The summed E-state index contributed by atoms with van der Waals surface area (Å²) < 4.78 is 4.83.